The average Bonchev–Trinajstić information content (AvgIpc) is 2.93. The molecule has 0 aliphatic carbocycles. The van der Waals surface area contributed by atoms with Crippen molar-refractivity contribution in [3.8, 4) is 11.3 Å². The average molecular weight is 585 g/mol. The van der Waals surface area contributed by atoms with Crippen LogP contribution in [-0.2, 0) is 20.9 Å². The fraction of sp³-hybridized carbons (Fsp3) is 0.321. The highest BCUT2D eigenvalue weighted by molar-refractivity contribution is 6.43. The first-order chi connectivity index (χ1) is 19.1. The molecule has 1 aliphatic rings. The molecule has 2 heterocycles. The molecule has 1 saturated heterocycles. The standard InChI is InChI=1S/C28H30Cl2N6O4/c1-28(35-23(38)14-22(37)32-15-17-6-8-18(9-7-17)27(39)40-2)10-12-36(13-11-28)21-16-33-25(26(31)34-21)19-4-3-5-20(29)24(19)30/h3-9,16H,10-15H2,1-2H3,(H2,31,34)(H,32,37)(H,35,38). The van der Waals surface area contributed by atoms with Gasteiger partial charge in [-0.1, -0.05) is 47.5 Å². The van der Waals surface area contributed by atoms with Gasteiger partial charge in [-0.25, -0.2) is 14.8 Å². The number of benzene rings is 2. The van der Waals surface area contributed by atoms with E-state index in [-0.39, 0.29) is 30.6 Å². The fourth-order valence-corrected chi connectivity index (χ4v) is 4.85. The lowest BCUT2D eigenvalue weighted by atomic mass is 9.89. The maximum Gasteiger partial charge on any atom is 0.337 e. The molecule has 0 saturated carbocycles. The van der Waals surface area contributed by atoms with Gasteiger partial charge in [0.2, 0.25) is 11.8 Å². The third kappa shape index (κ3) is 7.00. The van der Waals surface area contributed by atoms with Crippen LogP contribution in [0.25, 0.3) is 11.3 Å². The molecule has 1 aliphatic heterocycles. The zero-order chi connectivity index (χ0) is 28.9. The first-order valence-electron chi connectivity index (χ1n) is 12.7. The Labute approximate surface area is 242 Å². The van der Waals surface area contributed by atoms with Gasteiger partial charge in [0, 0.05) is 30.7 Å². The molecule has 0 unspecified atom stereocenters. The lowest BCUT2D eigenvalue weighted by Gasteiger charge is -2.40. The van der Waals surface area contributed by atoms with Crippen molar-refractivity contribution in [1.82, 2.24) is 20.6 Å². The number of piperidine rings is 1. The summed E-state index contributed by atoms with van der Waals surface area (Å²) in [7, 11) is 1.31. The highest BCUT2D eigenvalue weighted by Gasteiger charge is 2.32. The molecule has 4 rings (SSSR count). The molecule has 0 atom stereocenters. The normalized spacial score (nSPS) is 14.3. The van der Waals surface area contributed by atoms with Crippen molar-refractivity contribution in [1.29, 1.82) is 0 Å². The molecule has 3 aromatic rings. The van der Waals surface area contributed by atoms with Gasteiger partial charge < -0.3 is 26.0 Å². The zero-order valence-electron chi connectivity index (χ0n) is 22.2. The van der Waals surface area contributed by atoms with E-state index in [1.165, 1.54) is 7.11 Å². The van der Waals surface area contributed by atoms with Crippen molar-refractivity contribution < 1.29 is 19.1 Å². The number of hydrogen-bond acceptors (Lipinski definition) is 8. The third-order valence-electron chi connectivity index (χ3n) is 6.81. The number of nitrogen functional groups attached to an aromatic ring is 1. The molecule has 1 aromatic heterocycles. The summed E-state index contributed by atoms with van der Waals surface area (Å²) in [6.07, 6.45) is 2.67. The number of nitrogens with zero attached hydrogens (tertiary/aromatic N) is 3. The molecule has 2 amide bonds. The molecule has 1 fully saturated rings. The highest BCUT2D eigenvalue weighted by Crippen LogP contribution is 2.35. The number of nitrogens with one attached hydrogen (secondary N) is 2. The van der Waals surface area contributed by atoms with Crippen LogP contribution in [0.15, 0.2) is 48.7 Å². The molecule has 2 aromatic carbocycles. The number of ether oxygens (including phenoxy) is 1. The van der Waals surface area contributed by atoms with E-state index in [1.54, 1.807) is 48.7 Å². The molecule has 4 N–H and O–H groups in total. The Morgan fingerprint density at radius 2 is 1.77 bits per heavy atom. The molecular weight excluding hydrogens is 555 g/mol. The SMILES string of the molecule is COC(=O)c1ccc(CNC(=O)CC(=O)NC2(C)CCN(c3cnc(-c4cccc(Cl)c4Cl)c(N)n3)CC2)cc1. The Balaban J connectivity index is 1.26. The highest BCUT2D eigenvalue weighted by atomic mass is 35.5. The zero-order valence-corrected chi connectivity index (χ0v) is 23.7. The van der Waals surface area contributed by atoms with E-state index < -0.39 is 11.5 Å². The van der Waals surface area contributed by atoms with Crippen LogP contribution in [0.1, 0.15) is 42.1 Å². The van der Waals surface area contributed by atoms with Crippen LogP contribution in [-0.4, -0.2) is 53.5 Å². The lowest BCUT2D eigenvalue weighted by molar-refractivity contribution is -0.130. The molecule has 210 valence electrons. The van der Waals surface area contributed by atoms with Crippen molar-refractivity contribution in [2.75, 3.05) is 30.8 Å². The molecule has 0 bridgehead atoms. The van der Waals surface area contributed by atoms with E-state index in [0.717, 1.165) is 5.56 Å². The summed E-state index contributed by atoms with van der Waals surface area (Å²) in [6, 6.07) is 11.9. The summed E-state index contributed by atoms with van der Waals surface area (Å²) >= 11 is 12.4. The molecule has 12 heteroatoms. The van der Waals surface area contributed by atoms with Gasteiger partial charge in [-0.15, -0.1) is 0 Å². The Hall–Kier alpha value is -3.89. The van der Waals surface area contributed by atoms with Crippen molar-refractivity contribution in [2.24, 2.45) is 0 Å². The van der Waals surface area contributed by atoms with Gasteiger partial charge in [-0.05, 0) is 43.5 Å². The van der Waals surface area contributed by atoms with E-state index in [9.17, 15) is 14.4 Å². The number of carbonyl (C=O) groups is 3. The van der Waals surface area contributed by atoms with Crippen molar-refractivity contribution in [3.05, 3.63) is 69.8 Å². The first-order valence-corrected chi connectivity index (χ1v) is 13.4. The number of hydrogen-bond donors (Lipinski definition) is 3. The molecule has 10 nitrogen and oxygen atoms in total. The summed E-state index contributed by atoms with van der Waals surface area (Å²) in [5.41, 5.74) is 8.04. The van der Waals surface area contributed by atoms with Crippen LogP contribution in [0.2, 0.25) is 10.0 Å². The molecular formula is C28H30Cl2N6O4. The number of esters is 1. The van der Waals surface area contributed by atoms with Gasteiger partial charge in [0.05, 0.1) is 28.9 Å². The van der Waals surface area contributed by atoms with E-state index >= 15 is 0 Å². The number of methoxy groups -OCH3 is 1. The summed E-state index contributed by atoms with van der Waals surface area (Å²) < 4.78 is 4.67. The fourth-order valence-electron chi connectivity index (χ4n) is 4.46. The van der Waals surface area contributed by atoms with E-state index in [2.05, 4.69) is 30.2 Å². The van der Waals surface area contributed by atoms with Gasteiger partial charge in [0.25, 0.3) is 0 Å². The van der Waals surface area contributed by atoms with Gasteiger partial charge in [0.1, 0.15) is 17.9 Å². The van der Waals surface area contributed by atoms with Crippen LogP contribution in [0.3, 0.4) is 0 Å². The van der Waals surface area contributed by atoms with E-state index in [4.69, 9.17) is 28.9 Å². The molecule has 40 heavy (non-hydrogen) atoms. The smallest absolute Gasteiger partial charge is 0.337 e. The Bertz CT molecular complexity index is 1410. The summed E-state index contributed by atoms with van der Waals surface area (Å²) in [4.78, 5) is 47.6. The monoisotopic (exact) mass is 584 g/mol. The summed E-state index contributed by atoms with van der Waals surface area (Å²) in [5.74, 6) is -0.288. The van der Waals surface area contributed by atoms with Crippen LogP contribution >= 0.6 is 23.2 Å². The summed E-state index contributed by atoms with van der Waals surface area (Å²) in [5, 5.41) is 6.52. The first kappa shape index (κ1) is 29.1. The van der Waals surface area contributed by atoms with Crippen LogP contribution in [0, 0.1) is 0 Å². The van der Waals surface area contributed by atoms with Crippen molar-refractivity contribution >= 4 is 52.6 Å². The number of carbonyl (C=O) groups excluding carboxylic acids is 3. The summed E-state index contributed by atoms with van der Waals surface area (Å²) in [6.45, 7) is 3.45. The van der Waals surface area contributed by atoms with Crippen LogP contribution in [0.5, 0.6) is 0 Å². The number of nitrogens with two attached hydrogens (primary N) is 1. The van der Waals surface area contributed by atoms with E-state index in [1.807, 2.05) is 6.92 Å². The second kappa shape index (κ2) is 12.5. The Morgan fingerprint density at radius 3 is 2.42 bits per heavy atom. The number of aromatic nitrogens is 2. The van der Waals surface area contributed by atoms with Crippen molar-refractivity contribution in [3.63, 3.8) is 0 Å². The predicted molar refractivity (Wildman–Crippen MR) is 154 cm³/mol. The quantitative estimate of drug-likeness (QED) is 0.266. The third-order valence-corrected chi connectivity index (χ3v) is 7.63. The molecule has 0 spiro atoms. The van der Waals surface area contributed by atoms with E-state index in [0.29, 0.717) is 58.6 Å². The molecule has 0 radical (unpaired) electrons. The minimum absolute atomic E-state index is 0.242. The van der Waals surface area contributed by atoms with Gasteiger partial charge in [-0.3, -0.25) is 9.59 Å². The minimum Gasteiger partial charge on any atom is -0.465 e. The second-order valence-electron chi connectivity index (χ2n) is 9.80. The van der Waals surface area contributed by atoms with Gasteiger partial charge >= 0.3 is 5.97 Å². The predicted octanol–water partition coefficient (Wildman–Crippen LogP) is 4.00. The number of halogens is 2. The van der Waals surface area contributed by atoms with Crippen molar-refractivity contribution in [2.45, 2.75) is 38.3 Å². The van der Waals surface area contributed by atoms with Crippen LogP contribution < -0.4 is 21.3 Å². The topological polar surface area (TPSA) is 140 Å². The maximum atomic E-state index is 12.6. The number of rotatable bonds is 8. The minimum atomic E-state index is -0.467. The second-order valence-corrected chi connectivity index (χ2v) is 10.6. The lowest BCUT2D eigenvalue weighted by Crippen LogP contribution is -2.54. The number of anilines is 2. The number of amides is 2. The Kier molecular flexibility index (Phi) is 9.11. The van der Waals surface area contributed by atoms with Gasteiger partial charge in [0.15, 0.2) is 5.82 Å². The largest absolute Gasteiger partial charge is 0.465 e. The maximum absolute atomic E-state index is 12.6. The Morgan fingerprint density at radius 1 is 1.07 bits per heavy atom. The van der Waals surface area contributed by atoms with Crippen LogP contribution in [0.4, 0.5) is 11.6 Å². The van der Waals surface area contributed by atoms with Gasteiger partial charge in [-0.2, -0.15) is 0 Å².